The molecule has 2 rings (SSSR count). The molecule has 4 nitrogen and oxygen atoms in total. The SMILES string of the molecule is CN(CC1CCCCN1)c1ccc(C(N)=O)cc1Br. The summed E-state index contributed by atoms with van der Waals surface area (Å²) >= 11 is 3.51. The van der Waals surface area contributed by atoms with Gasteiger partial charge < -0.3 is 16.0 Å². The lowest BCUT2D eigenvalue weighted by atomic mass is 10.0. The van der Waals surface area contributed by atoms with Gasteiger partial charge in [0.1, 0.15) is 0 Å². The van der Waals surface area contributed by atoms with Gasteiger partial charge in [0.2, 0.25) is 5.91 Å². The monoisotopic (exact) mass is 325 g/mol. The Kier molecular flexibility index (Phi) is 4.82. The second kappa shape index (κ2) is 6.39. The Morgan fingerprint density at radius 1 is 1.53 bits per heavy atom. The minimum absolute atomic E-state index is 0.399. The van der Waals surface area contributed by atoms with Crippen molar-refractivity contribution in [1.82, 2.24) is 5.32 Å². The Morgan fingerprint density at radius 2 is 2.32 bits per heavy atom. The summed E-state index contributed by atoms with van der Waals surface area (Å²) in [6, 6.07) is 6.03. The number of hydrogen-bond acceptors (Lipinski definition) is 3. The fourth-order valence-electron chi connectivity index (χ4n) is 2.48. The molecule has 5 heteroatoms. The summed E-state index contributed by atoms with van der Waals surface area (Å²) in [5.41, 5.74) is 6.88. The standard InChI is InChI=1S/C14H20BrN3O/c1-18(9-11-4-2-3-7-17-11)13-6-5-10(14(16)19)8-12(13)15/h5-6,8,11,17H,2-4,7,9H2,1H3,(H2,16,19). The lowest BCUT2D eigenvalue weighted by molar-refractivity contribution is 0.100. The third-order valence-electron chi connectivity index (χ3n) is 3.55. The molecule has 1 aromatic carbocycles. The lowest BCUT2D eigenvalue weighted by Gasteiger charge is -2.30. The number of nitrogens with two attached hydrogens (primary N) is 1. The number of amides is 1. The van der Waals surface area contributed by atoms with Gasteiger partial charge in [0.05, 0.1) is 5.69 Å². The van der Waals surface area contributed by atoms with Gasteiger partial charge in [-0.2, -0.15) is 0 Å². The van der Waals surface area contributed by atoms with Crippen LogP contribution in [0.25, 0.3) is 0 Å². The van der Waals surface area contributed by atoms with Gasteiger partial charge >= 0.3 is 0 Å². The molecule has 1 fully saturated rings. The number of primary amides is 1. The maximum absolute atomic E-state index is 11.1. The van der Waals surface area contributed by atoms with Crippen molar-refractivity contribution in [3.63, 3.8) is 0 Å². The highest BCUT2D eigenvalue weighted by atomic mass is 79.9. The zero-order chi connectivity index (χ0) is 13.8. The van der Waals surface area contributed by atoms with Crippen LogP contribution in [0.4, 0.5) is 5.69 Å². The molecule has 19 heavy (non-hydrogen) atoms. The number of benzene rings is 1. The molecule has 0 saturated carbocycles. The summed E-state index contributed by atoms with van der Waals surface area (Å²) in [6.45, 7) is 2.08. The highest BCUT2D eigenvalue weighted by Gasteiger charge is 2.16. The number of carbonyl (C=O) groups excluding carboxylic acids is 1. The van der Waals surface area contributed by atoms with Crippen LogP contribution in [0.2, 0.25) is 0 Å². The zero-order valence-electron chi connectivity index (χ0n) is 11.2. The molecular weight excluding hydrogens is 306 g/mol. The minimum atomic E-state index is -0.399. The van der Waals surface area contributed by atoms with Gasteiger partial charge in [-0.05, 0) is 53.5 Å². The number of carbonyl (C=O) groups is 1. The van der Waals surface area contributed by atoms with Crippen molar-refractivity contribution in [2.24, 2.45) is 5.73 Å². The van der Waals surface area contributed by atoms with E-state index in [9.17, 15) is 4.79 Å². The van der Waals surface area contributed by atoms with Crippen LogP contribution in [0.5, 0.6) is 0 Å². The van der Waals surface area contributed by atoms with Gasteiger partial charge in [-0.15, -0.1) is 0 Å². The molecule has 1 aromatic rings. The van der Waals surface area contributed by atoms with E-state index in [2.05, 4.69) is 33.2 Å². The van der Waals surface area contributed by atoms with Crippen molar-refractivity contribution in [3.8, 4) is 0 Å². The minimum Gasteiger partial charge on any atom is -0.372 e. The van der Waals surface area contributed by atoms with Crippen LogP contribution in [0.1, 0.15) is 29.6 Å². The third kappa shape index (κ3) is 3.70. The Balaban J connectivity index is 2.05. The van der Waals surface area contributed by atoms with Gasteiger partial charge in [-0.1, -0.05) is 6.42 Å². The second-order valence-electron chi connectivity index (χ2n) is 5.06. The molecule has 3 N–H and O–H groups in total. The maximum Gasteiger partial charge on any atom is 0.248 e. The van der Waals surface area contributed by atoms with Crippen molar-refractivity contribution in [3.05, 3.63) is 28.2 Å². The predicted molar refractivity (Wildman–Crippen MR) is 81.6 cm³/mol. The zero-order valence-corrected chi connectivity index (χ0v) is 12.7. The number of anilines is 1. The van der Waals surface area contributed by atoms with E-state index < -0.39 is 5.91 Å². The molecule has 1 aliphatic rings. The normalized spacial score (nSPS) is 19.2. The van der Waals surface area contributed by atoms with Crippen LogP contribution in [-0.4, -0.2) is 32.1 Å². The van der Waals surface area contributed by atoms with E-state index in [-0.39, 0.29) is 0 Å². The summed E-state index contributed by atoms with van der Waals surface area (Å²) in [6.07, 6.45) is 3.80. The molecule has 1 amide bonds. The number of hydrogen-bond donors (Lipinski definition) is 2. The van der Waals surface area contributed by atoms with E-state index in [0.717, 1.165) is 23.2 Å². The molecule has 104 valence electrons. The van der Waals surface area contributed by atoms with E-state index in [1.807, 2.05) is 6.07 Å². The van der Waals surface area contributed by atoms with Gasteiger partial charge in [0.15, 0.2) is 0 Å². The molecular formula is C14H20BrN3O. The predicted octanol–water partition coefficient (Wildman–Crippen LogP) is 2.13. The van der Waals surface area contributed by atoms with E-state index in [1.54, 1.807) is 12.1 Å². The molecule has 0 aliphatic carbocycles. The molecule has 1 heterocycles. The summed E-state index contributed by atoms with van der Waals surface area (Å²) in [4.78, 5) is 13.3. The van der Waals surface area contributed by atoms with Crippen LogP contribution in [0, 0.1) is 0 Å². The van der Waals surface area contributed by atoms with Crippen LogP contribution in [-0.2, 0) is 0 Å². The Morgan fingerprint density at radius 3 is 2.89 bits per heavy atom. The largest absolute Gasteiger partial charge is 0.372 e. The third-order valence-corrected chi connectivity index (χ3v) is 4.19. The quantitative estimate of drug-likeness (QED) is 0.891. The van der Waals surface area contributed by atoms with Gasteiger partial charge in [-0.25, -0.2) is 0 Å². The van der Waals surface area contributed by atoms with E-state index in [4.69, 9.17) is 5.73 Å². The number of nitrogens with zero attached hydrogens (tertiary/aromatic N) is 1. The van der Waals surface area contributed by atoms with Gasteiger partial charge in [0, 0.05) is 29.7 Å². The van der Waals surface area contributed by atoms with Crippen LogP contribution >= 0.6 is 15.9 Å². The van der Waals surface area contributed by atoms with Crippen LogP contribution < -0.4 is 16.0 Å². The number of halogens is 1. The van der Waals surface area contributed by atoms with Gasteiger partial charge in [-0.3, -0.25) is 4.79 Å². The molecule has 1 saturated heterocycles. The maximum atomic E-state index is 11.1. The number of nitrogens with one attached hydrogen (secondary N) is 1. The first kappa shape index (κ1) is 14.3. The van der Waals surface area contributed by atoms with Gasteiger partial charge in [0.25, 0.3) is 0 Å². The first-order chi connectivity index (χ1) is 9.08. The van der Waals surface area contributed by atoms with E-state index >= 15 is 0 Å². The summed E-state index contributed by atoms with van der Waals surface area (Å²) in [5.74, 6) is -0.399. The van der Waals surface area contributed by atoms with Crippen molar-refractivity contribution in [2.75, 3.05) is 25.0 Å². The van der Waals surface area contributed by atoms with Crippen molar-refractivity contribution >= 4 is 27.5 Å². The molecule has 1 unspecified atom stereocenters. The van der Waals surface area contributed by atoms with E-state index in [1.165, 1.54) is 19.3 Å². The Hall–Kier alpha value is -1.07. The highest BCUT2D eigenvalue weighted by Crippen LogP contribution is 2.27. The Labute approximate surface area is 122 Å². The van der Waals surface area contributed by atoms with Crippen molar-refractivity contribution in [1.29, 1.82) is 0 Å². The average Bonchev–Trinajstić information content (AvgIpc) is 2.39. The lowest BCUT2D eigenvalue weighted by Crippen LogP contribution is -2.42. The van der Waals surface area contributed by atoms with E-state index in [0.29, 0.717) is 11.6 Å². The summed E-state index contributed by atoms with van der Waals surface area (Å²) in [5, 5.41) is 3.54. The first-order valence-corrected chi connectivity index (χ1v) is 7.41. The van der Waals surface area contributed by atoms with Crippen molar-refractivity contribution < 1.29 is 4.79 Å². The molecule has 0 spiro atoms. The Bertz CT molecular complexity index is 458. The fourth-order valence-corrected chi connectivity index (χ4v) is 3.16. The summed E-state index contributed by atoms with van der Waals surface area (Å²) in [7, 11) is 2.07. The van der Waals surface area contributed by atoms with Crippen molar-refractivity contribution in [2.45, 2.75) is 25.3 Å². The highest BCUT2D eigenvalue weighted by molar-refractivity contribution is 9.10. The molecule has 0 bridgehead atoms. The molecule has 1 atom stereocenters. The molecule has 0 radical (unpaired) electrons. The van der Waals surface area contributed by atoms with Crippen LogP contribution in [0.3, 0.4) is 0 Å². The molecule has 0 aromatic heterocycles. The smallest absolute Gasteiger partial charge is 0.248 e. The molecule has 1 aliphatic heterocycles. The topological polar surface area (TPSA) is 58.4 Å². The number of piperidine rings is 1. The fraction of sp³-hybridized carbons (Fsp3) is 0.500. The van der Waals surface area contributed by atoms with Crippen LogP contribution in [0.15, 0.2) is 22.7 Å². The first-order valence-electron chi connectivity index (χ1n) is 6.62. The number of rotatable bonds is 4. The average molecular weight is 326 g/mol. The summed E-state index contributed by atoms with van der Waals surface area (Å²) < 4.78 is 0.905. The number of likely N-dealkylation sites (N-methyl/N-ethyl adjacent to an activating group) is 1. The second-order valence-corrected chi connectivity index (χ2v) is 5.91.